The first kappa shape index (κ1) is 15.7. The van der Waals surface area contributed by atoms with Crippen molar-refractivity contribution in [1.29, 1.82) is 0 Å². The van der Waals surface area contributed by atoms with E-state index in [1.165, 1.54) is 12.1 Å². The van der Waals surface area contributed by atoms with Crippen molar-refractivity contribution in [3.05, 3.63) is 78.0 Å². The first-order valence-corrected chi connectivity index (χ1v) is 7.82. The number of carboxylic acids is 1. The molecule has 0 aliphatic rings. The second-order valence-electron chi connectivity index (χ2n) is 5.63. The van der Waals surface area contributed by atoms with Gasteiger partial charge in [0.2, 0.25) is 5.88 Å². The number of fused-ring (bicyclic) bond motifs is 2. The molecule has 6 nitrogen and oxygen atoms in total. The van der Waals surface area contributed by atoms with E-state index in [0.717, 1.165) is 5.39 Å². The number of aromatic nitrogens is 2. The number of rotatable bonds is 3. The fourth-order valence-electron chi connectivity index (χ4n) is 2.71. The monoisotopic (exact) mass is 344 g/mol. The highest BCUT2D eigenvalue weighted by atomic mass is 16.5. The van der Waals surface area contributed by atoms with Crippen LogP contribution in [-0.4, -0.2) is 27.0 Å². The van der Waals surface area contributed by atoms with Gasteiger partial charge in [-0.1, -0.05) is 24.3 Å². The van der Waals surface area contributed by atoms with E-state index in [4.69, 9.17) is 4.74 Å². The number of nitrogens with zero attached hydrogens (tertiary/aromatic N) is 2. The third-order valence-electron chi connectivity index (χ3n) is 3.96. The summed E-state index contributed by atoms with van der Waals surface area (Å²) in [4.78, 5) is 32.1. The van der Waals surface area contributed by atoms with Gasteiger partial charge in [-0.3, -0.25) is 4.98 Å². The predicted molar refractivity (Wildman–Crippen MR) is 95.4 cm³/mol. The van der Waals surface area contributed by atoms with E-state index in [2.05, 4.69) is 9.97 Å². The topological polar surface area (TPSA) is 89.4 Å². The Morgan fingerprint density at radius 2 is 1.73 bits per heavy atom. The molecule has 2 aromatic heterocycles. The van der Waals surface area contributed by atoms with E-state index >= 15 is 0 Å². The zero-order valence-corrected chi connectivity index (χ0v) is 13.4. The molecule has 4 rings (SSSR count). The number of esters is 1. The third kappa shape index (κ3) is 2.84. The van der Waals surface area contributed by atoms with Crippen LogP contribution in [0.25, 0.3) is 21.8 Å². The van der Waals surface area contributed by atoms with Crippen LogP contribution in [0.2, 0.25) is 0 Å². The van der Waals surface area contributed by atoms with E-state index in [1.807, 2.05) is 12.1 Å². The van der Waals surface area contributed by atoms with E-state index in [1.54, 1.807) is 42.6 Å². The molecular formula is C20H12N2O4. The molecule has 0 fully saturated rings. The number of carboxylic acid groups (broad SMARTS) is 1. The van der Waals surface area contributed by atoms with Gasteiger partial charge in [-0.05, 0) is 30.3 Å². The number of pyridine rings is 2. The van der Waals surface area contributed by atoms with Gasteiger partial charge in [0, 0.05) is 23.0 Å². The summed E-state index contributed by atoms with van der Waals surface area (Å²) in [5.41, 5.74) is 1.34. The Balaban J connectivity index is 1.68. The maximum Gasteiger partial charge on any atom is 0.344 e. The van der Waals surface area contributed by atoms with Gasteiger partial charge in [-0.2, -0.15) is 0 Å². The zero-order valence-electron chi connectivity index (χ0n) is 13.4. The van der Waals surface area contributed by atoms with E-state index in [0.29, 0.717) is 16.5 Å². The Labute approximate surface area is 147 Å². The van der Waals surface area contributed by atoms with Crippen molar-refractivity contribution in [2.24, 2.45) is 0 Å². The lowest BCUT2D eigenvalue weighted by molar-refractivity contribution is 0.0697. The minimum absolute atomic E-state index is 0.0392. The standard InChI is InChI=1S/C20H12N2O4/c23-19(24)15-5-1-3-13-8-9-17(22-18(13)15)26-20(25)14-7-6-12-4-2-10-21-16(12)11-14/h1-11H,(H,23,24). The summed E-state index contributed by atoms with van der Waals surface area (Å²) in [6, 6.07) is 16.8. The number of hydrogen-bond acceptors (Lipinski definition) is 5. The molecule has 126 valence electrons. The highest BCUT2D eigenvalue weighted by Crippen LogP contribution is 2.21. The van der Waals surface area contributed by atoms with Crippen LogP contribution in [0.4, 0.5) is 0 Å². The molecule has 0 saturated carbocycles. The summed E-state index contributed by atoms with van der Waals surface area (Å²) in [5.74, 6) is -1.64. The molecule has 1 N–H and O–H groups in total. The molecule has 0 radical (unpaired) electrons. The Morgan fingerprint density at radius 1 is 0.923 bits per heavy atom. The lowest BCUT2D eigenvalue weighted by Gasteiger charge is -2.07. The minimum atomic E-state index is -1.09. The van der Waals surface area contributed by atoms with Crippen LogP contribution < -0.4 is 4.74 Å². The summed E-state index contributed by atoms with van der Waals surface area (Å²) in [7, 11) is 0. The summed E-state index contributed by atoms with van der Waals surface area (Å²) in [5, 5.41) is 10.8. The van der Waals surface area contributed by atoms with Crippen molar-refractivity contribution >= 4 is 33.7 Å². The van der Waals surface area contributed by atoms with Gasteiger partial charge in [0.25, 0.3) is 0 Å². The summed E-state index contributed by atoms with van der Waals surface area (Å²) < 4.78 is 5.32. The maximum absolute atomic E-state index is 12.4. The largest absolute Gasteiger partial charge is 0.478 e. The van der Waals surface area contributed by atoms with Crippen molar-refractivity contribution in [2.75, 3.05) is 0 Å². The Morgan fingerprint density at radius 3 is 2.58 bits per heavy atom. The van der Waals surface area contributed by atoms with Gasteiger partial charge in [-0.15, -0.1) is 0 Å². The number of carbonyl (C=O) groups excluding carboxylic acids is 1. The van der Waals surface area contributed by atoms with Crippen molar-refractivity contribution in [2.45, 2.75) is 0 Å². The van der Waals surface area contributed by atoms with Crippen molar-refractivity contribution in [1.82, 2.24) is 9.97 Å². The number of ether oxygens (including phenoxy) is 1. The fraction of sp³-hybridized carbons (Fsp3) is 0. The van der Waals surface area contributed by atoms with Gasteiger partial charge in [-0.25, -0.2) is 14.6 Å². The van der Waals surface area contributed by atoms with Crippen molar-refractivity contribution in [3.8, 4) is 5.88 Å². The molecule has 0 bridgehead atoms. The molecule has 6 heteroatoms. The summed E-state index contributed by atoms with van der Waals surface area (Å²) >= 11 is 0. The van der Waals surface area contributed by atoms with Crippen molar-refractivity contribution < 1.29 is 19.4 Å². The van der Waals surface area contributed by atoms with E-state index < -0.39 is 11.9 Å². The molecule has 0 amide bonds. The Kier molecular flexibility index (Phi) is 3.78. The average Bonchev–Trinajstić information content (AvgIpc) is 2.67. The molecular weight excluding hydrogens is 332 g/mol. The molecule has 0 spiro atoms. The normalized spacial score (nSPS) is 10.8. The summed E-state index contributed by atoms with van der Waals surface area (Å²) in [6.07, 6.45) is 1.65. The van der Waals surface area contributed by atoms with Gasteiger partial charge < -0.3 is 9.84 Å². The van der Waals surface area contributed by atoms with Crippen LogP contribution in [0.5, 0.6) is 5.88 Å². The lowest BCUT2D eigenvalue weighted by atomic mass is 10.1. The van der Waals surface area contributed by atoms with Crippen molar-refractivity contribution in [3.63, 3.8) is 0 Å². The van der Waals surface area contributed by atoms with Gasteiger partial charge >= 0.3 is 11.9 Å². The zero-order chi connectivity index (χ0) is 18.1. The number of hydrogen-bond donors (Lipinski definition) is 1. The average molecular weight is 344 g/mol. The highest BCUT2D eigenvalue weighted by molar-refractivity contribution is 6.02. The van der Waals surface area contributed by atoms with E-state index in [9.17, 15) is 14.7 Å². The van der Waals surface area contributed by atoms with Crippen LogP contribution >= 0.6 is 0 Å². The SMILES string of the molecule is O=C(Oc1ccc2cccc(C(=O)O)c2n1)c1ccc2cccnc2c1. The maximum atomic E-state index is 12.4. The van der Waals surface area contributed by atoms with Gasteiger partial charge in [0.15, 0.2) is 0 Å². The van der Waals surface area contributed by atoms with Gasteiger partial charge in [0.05, 0.1) is 22.2 Å². The van der Waals surface area contributed by atoms with Crippen LogP contribution in [0.15, 0.2) is 66.9 Å². The lowest BCUT2D eigenvalue weighted by Crippen LogP contribution is -2.10. The summed E-state index contributed by atoms with van der Waals surface area (Å²) in [6.45, 7) is 0. The minimum Gasteiger partial charge on any atom is -0.478 e. The fourth-order valence-corrected chi connectivity index (χ4v) is 2.71. The number of aromatic carboxylic acids is 1. The van der Waals surface area contributed by atoms with E-state index in [-0.39, 0.29) is 17.0 Å². The molecule has 2 heterocycles. The number of benzene rings is 2. The Bertz CT molecular complexity index is 1170. The van der Waals surface area contributed by atoms with Gasteiger partial charge in [0.1, 0.15) is 0 Å². The second kappa shape index (κ2) is 6.25. The molecule has 0 atom stereocenters. The molecule has 0 aliphatic heterocycles. The van der Waals surface area contributed by atoms with Crippen LogP contribution in [0.1, 0.15) is 20.7 Å². The molecule has 26 heavy (non-hydrogen) atoms. The predicted octanol–water partition coefficient (Wildman–Crippen LogP) is 3.70. The smallest absolute Gasteiger partial charge is 0.344 e. The third-order valence-corrected chi connectivity index (χ3v) is 3.96. The highest BCUT2D eigenvalue weighted by Gasteiger charge is 2.14. The molecule has 0 saturated heterocycles. The molecule has 0 unspecified atom stereocenters. The van der Waals surface area contributed by atoms with Crippen LogP contribution in [0.3, 0.4) is 0 Å². The number of carbonyl (C=O) groups is 2. The van der Waals surface area contributed by atoms with Crippen LogP contribution in [0, 0.1) is 0 Å². The first-order valence-electron chi connectivity index (χ1n) is 7.82. The van der Waals surface area contributed by atoms with Crippen LogP contribution in [-0.2, 0) is 0 Å². The second-order valence-corrected chi connectivity index (χ2v) is 5.63. The first-order chi connectivity index (χ1) is 12.6. The Hall–Kier alpha value is -3.80. The molecule has 0 aliphatic carbocycles. The molecule has 2 aromatic carbocycles. The number of para-hydroxylation sites is 1. The molecule has 4 aromatic rings. The quantitative estimate of drug-likeness (QED) is 0.570.